The molecule has 2 amide bonds. The van der Waals surface area contributed by atoms with Crippen molar-refractivity contribution in [2.24, 2.45) is 5.41 Å². The van der Waals surface area contributed by atoms with Crippen LogP contribution < -0.4 is 5.32 Å². The van der Waals surface area contributed by atoms with Crippen LogP contribution in [0.25, 0.3) is 11.1 Å². The number of ether oxygens (including phenoxy) is 1. The second-order valence-electron chi connectivity index (χ2n) is 8.24. The molecule has 2 saturated heterocycles. The van der Waals surface area contributed by atoms with Crippen LogP contribution in [0.15, 0.2) is 48.5 Å². The molecule has 0 unspecified atom stereocenters. The summed E-state index contributed by atoms with van der Waals surface area (Å²) in [4.78, 5) is 26.0. The number of carbonyl (C=O) groups excluding carboxylic acids is 2. The van der Waals surface area contributed by atoms with Crippen molar-refractivity contribution in [1.82, 2.24) is 10.2 Å². The summed E-state index contributed by atoms with van der Waals surface area (Å²) in [7, 11) is 0. The van der Waals surface area contributed by atoms with Crippen LogP contribution in [0.2, 0.25) is 0 Å². The summed E-state index contributed by atoms with van der Waals surface area (Å²) >= 11 is 0. The third-order valence-corrected chi connectivity index (χ3v) is 6.61. The Morgan fingerprint density at radius 3 is 2.21 bits per heavy atom. The average Bonchev–Trinajstić information content (AvgIpc) is 3.25. The van der Waals surface area contributed by atoms with Crippen molar-refractivity contribution < 1.29 is 14.3 Å². The van der Waals surface area contributed by atoms with Gasteiger partial charge in [0.25, 0.3) is 0 Å². The molecule has 2 fully saturated rings. The quantitative estimate of drug-likeness (QED) is 0.872. The van der Waals surface area contributed by atoms with Gasteiger partial charge in [0.05, 0.1) is 0 Å². The number of likely N-dealkylation sites (tertiary alicyclic amines) is 1. The van der Waals surface area contributed by atoms with Gasteiger partial charge in [-0.2, -0.15) is 0 Å². The van der Waals surface area contributed by atoms with E-state index in [9.17, 15) is 9.59 Å². The largest absolute Gasteiger partial charge is 0.448 e. The SMILES string of the molecule is O=C1CC2(CCN(C(=O)OCC3c4ccccc4-c4ccccc43)CC2)CN1. The van der Waals surface area contributed by atoms with Crippen LogP contribution in [-0.4, -0.2) is 43.1 Å². The number of hydrogen-bond donors (Lipinski definition) is 1. The highest BCUT2D eigenvalue weighted by Gasteiger charge is 2.42. The van der Waals surface area contributed by atoms with Crippen LogP contribution in [0.5, 0.6) is 0 Å². The van der Waals surface area contributed by atoms with Crippen molar-refractivity contribution in [2.45, 2.75) is 25.2 Å². The van der Waals surface area contributed by atoms with Gasteiger partial charge in [-0.3, -0.25) is 4.79 Å². The van der Waals surface area contributed by atoms with Gasteiger partial charge in [0, 0.05) is 32.0 Å². The van der Waals surface area contributed by atoms with E-state index in [1.54, 1.807) is 4.90 Å². The molecule has 0 bridgehead atoms. The van der Waals surface area contributed by atoms with Crippen LogP contribution >= 0.6 is 0 Å². The molecule has 0 aromatic heterocycles. The number of nitrogens with zero attached hydrogens (tertiary/aromatic N) is 1. The fourth-order valence-corrected chi connectivity index (χ4v) is 4.95. The molecule has 28 heavy (non-hydrogen) atoms. The van der Waals surface area contributed by atoms with Crippen molar-refractivity contribution in [1.29, 1.82) is 0 Å². The van der Waals surface area contributed by atoms with E-state index in [0.717, 1.165) is 19.4 Å². The zero-order chi connectivity index (χ0) is 19.1. The van der Waals surface area contributed by atoms with Gasteiger partial charge in [0.1, 0.15) is 6.61 Å². The lowest BCUT2D eigenvalue weighted by Gasteiger charge is -2.37. The molecule has 1 N–H and O–H groups in total. The summed E-state index contributed by atoms with van der Waals surface area (Å²) in [6.45, 7) is 2.41. The van der Waals surface area contributed by atoms with Gasteiger partial charge >= 0.3 is 6.09 Å². The number of carbonyl (C=O) groups is 2. The summed E-state index contributed by atoms with van der Waals surface area (Å²) in [5, 5.41) is 2.93. The van der Waals surface area contributed by atoms with Crippen LogP contribution in [0.1, 0.15) is 36.3 Å². The van der Waals surface area contributed by atoms with Gasteiger partial charge in [0.15, 0.2) is 0 Å². The molecule has 2 aromatic carbocycles. The minimum absolute atomic E-state index is 0.0389. The Hall–Kier alpha value is -2.82. The smallest absolute Gasteiger partial charge is 0.409 e. The van der Waals surface area contributed by atoms with Crippen LogP contribution in [0, 0.1) is 5.41 Å². The van der Waals surface area contributed by atoms with Gasteiger partial charge in [0.2, 0.25) is 5.91 Å². The normalized spacial score (nSPS) is 20.0. The Morgan fingerprint density at radius 1 is 1.04 bits per heavy atom. The Balaban J connectivity index is 1.25. The molecule has 0 saturated carbocycles. The lowest BCUT2D eigenvalue weighted by atomic mass is 9.78. The van der Waals surface area contributed by atoms with Gasteiger partial charge in [-0.05, 0) is 40.5 Å². The molecule has 1 aliphatic carbocycles. The van der Waals surface area contributed by atoms with Gasteiger partial charge in [-0.1, -0.05) is 48.5 Å². The van der Waals surface area contributed by atoms with E-state index in [4.69, 9.17) is 4.74 Å². The van der Waals surface area contributed by atoms with Crippen molar-refractivity contribution >= 4 is 12.0 Å². The molecule has 1 spiro atoms. The molecule has 0 radical (unpaired) electrons. The highest BCUT2D eigenvalue weighted by Crippen LogP contribution is 2.44. The van der Waals surface area contributed by atoms with Gasteiger partial charge in [-0.15, -0.1) is 0 Å². The fourth-order valence-electron chi connectivity index (χ4n) is 4.95. The van der Waals surface area contributed by atoms with Gasteiger partial charge in [-0.25, -0.2) is 4.79 Å². The molecular formula is C23H24N2O3. The number of nitrogens with one attached hydrogen (secondary N) is 1. The number of rotatable bonds is 2. The van der Waals surface area contributed by atoms with E-state index in [2.05, 4.69) is 41.7 Å². The van der Waals surface area contributed by atoms with E-state index in [-0.39, 0.29) is 23.3 Å². The first kappa shape index (κ1) is 17.3. The Labute approximate surface area is 164 Å². The Morgan fingerprint density at radius 2 is 1.64 bits per heavy atom. The maximum absolute atomic E-state index is 12.7. The zero-order valence-electron chi connectivity index (χ0n) is 15.8. The molecule has 5 nitrogen and oxygen atoms in total. The highest BCUT2D eigenvalue weighted by atomic mass is 16.6. The molecular weight excluding hydrogens is 352 g/mol. The third-order valence-electron chi connectivity index (χ3n) is 6.61. The first-order valence-corrected chi connectivity index (χ1v) is 10.0. The molecule has 0 atom stereocenters. The van der Waals surface area contributed by atoms with Gasteiger partial charge < -0.3 is 15.0 Å². The minimum atomic E-state index is -0.242. The standard InChI is InChI=1S/C23H24N2O3/c26-21-13-23(15-24-21)9-11-25(12-10-23)22(27)28-14-20-18-7-3-1-5-16(18)17-6-2-4-8-19(17)20/h1-8,20H,9-15H2,(H,24,26). The Kier molecular flexibility index (Phi) is 4.11. The summed E-state index contributed by atoms with van der Waals surface area (Å²) < 4.78 is 5.76. The van der Waals surface area contributed by atoms with Crippen LogP contribution in [-0.2, 0) is 9.53 Å². The van der Waals surface area contributed by atoms with E-state index < -0.39 is 0 Å². The molecule has 2 heterocycles. The maximum atomic E-state index is 12.7. The summed E-state index contributed by atoms with van der Waals surface area (Å²) in [5.74, 6) is 0.221. The second-order valence-corrected chi connectivity index (χ2v) is 8.24. The van der Waals surface area contributed by atoms with Crippen LogP contribution in [0.3, 0.4) is 0 Å². The first-order valence-electron chi connectivity index (χ1n) is 10.0. The molecule has 2 aromatic rings. The molecule has 5 heteroatoms. The Bertz CT molecular complexity index is 885. The molecule has 144 valence electrons. The summed E-state index contributed by atoms with van der Waals surface area (Å²) in [6.07, 6.45) is 2.06. The monoisotopic (exact) mass is 376 g/mol. The number of fused-ring (bicyclic) bond motifs is 3. The maximum Gasteiger partial charge on any atom is 0.409 e. The van der Waals surface area contributed by atoms with E-state index in [1.165, 1.54) is 22.3 Å². The predicted molar refractivity (Wildman–Crippen MR) is 106 cm³/mol. The predicted octanol–water partition coefficient (Wildman–Crippen LogP) is 3.54. The topological polar surface area (TPSA) is 58.6 Å². The molecule has 5 rings (SSSR count). The summed E-state index contributed by atoms with van der Waals surface area (Å²) in [5.41, 5.74) is 4.96. The second kappa shape index (κ2) is 6.66. The first-order chi connectivity index (χ1) is 13.7. The van der Waals surface area contributed by atoms with Crippen molar-refractivity contribution in [3.05, 3.63) is 59.7 Å². The zero-order valence-corrected chi connectivity index (χ0v) is 15.8. The van der Waals surface area contributed by atoms with Crippen LogP contribution in [0.4, 0.5) is 4.79 Å². The van der Waals surface area contributed by atoms with Crippen molar-refractivity contribution in [3.8, 4) is 11.1 Å². The number of hydrogen-bond acceptors (Lipinski definition) is 3. The summed E-state index contributed by atoms with van der Waals surface area (Å²) in [6, 6.07) is 16.7. The molecule has 2 aliphatic heterocycles. The van der Waals surface area contributed by atoms with Crippen molar-refractivity contribution in [3.63, 3.8) is 0 Å². The van der Waals surface area contributed by atoms with E-state index in [1.807, 2.05) is 12.1 Å². The minimum Gasteiger partial charge on any atom is -0.448 e. The van der Waals surface area contributed by atoms with E-state index >= 15 is 0 Å². The lowest BCUT2D eigenvalue weighted by molar-refractivity contribution is -0.119. The average molecular weight is 376 g/mol. The number of benzene rings is 2. The lowest BCUT2D eigenvalue weighted by Crippen LogP contribution is -2.44. The molecule has 3 aliphatic rings. The highest BCUT2D eigenvalue weighted by molar-refractivity contribution is 5.80. The van der Waals surface area contributed by atoms with Crippen molar-refractivity contribution in [2.75, 3.05) is 26.2 Å². The van der Waals surface area contributed by atoms with E-state index in [0.29, 0.717) is 26.1 Å². The third kappa shape index (κ3) is 2.86. The number of amides is 2. The number of piperidine rings is 1. The fraction of sp³-hybridized carbons (Fsp3) is 0.391.